The van der Waals surface area contributed by atoms with Crippen molar-refractivity contribution in [3.63, 3.8) is 0 Å². The zero-order chi connectivity index (χ0) is 10.6. The summed E-state index contributed by atoms with van der Waals surface area (Å²) in [4.78, 5) is 13.5. The highest BCUT2D eigenvalue weighted by atomic mass is 16.5. The lowest BCUT2D eigenvalue weighted by Gasteiger charge is -2.24. The van der Waals surface area contributed by atoms with Crippen LogP contribution in [0.4, 0.5) is 0 Å². The summed E-state index contributed by atoms with van der Waals surface area (Å²) in [7, 11) is 1.84. The topological polar surface area (TPSA) is 55.6 Å². The van der Waals surface area contributed by atoms with E-state index >= 15 is 0 Å². The van der Waals surface area contributed by atoms with E-state index in [-0.39, 0.29) is 18.0 Å². The van der Waals surface area contributed by atoms with E-state index in [2.05, 4.69) is 0 Å². The molecule has 2 N–H and O–H groups in total. The van der Waals surface area contributed by atoms with Crippen molar-refractivity contribution in [1.29, 1.82) is 0 Å². The molecule has 82 valence electrons. The maximum absolute atomic E-state index is 11.7. The van der Waals surface area contributed by atoms with Gasteiger partial charge in [0.05, 0.1) is 12.6 Å². The van der Waals surface area contributed by atoms with E-state index in [1.807, 2.05) is 14.0 Å². The molecule has 0 saturated carbocycles. The molecule has 1 saturated heterocycles. The first kappa shape index (κ1) is 11.5. The predicted molar refractivity (Wildman–Crippen MR) is 54.9 cm³/mol. The number of carbonyl (C=O) groups is 1. The fourth-order valence-electron chi connectivity index (χ4n) is 1.54. The first-order chi connectivity index (χ1) is 6.65. The smallest absolute Gasteiger partial charge is 0.224 e. The zero-order valence-corrected chi connectivity index (χ0v) is 9.03. The molecule has 4 heteroatoms. The van der Waals surface area contributed by atoms with Gasteiger partial charge in [-0.15, -0.1) is 0 Å². The molecule has 0 aromatic carbocycles. The van der Waals surface area contributed by atoms with Crippen LogP contribution in [0, 0.1) is 0 Å². The van der Waals surface area contributed by atoms with Crippen molar-refractivity contribution < 1.29 is 9.53 Å². The Morgan fingerprint density at radius 1 is 1.71 bits per heavy atom. The molecule has 0 aliphatic carbocycles. The van der Waals surface area contributed by atoms with Crippen molar-refractivity contribution >= 4 is 5.91 Å². The Balaban J connectivity index is 2.35. The Morgan fingerprint density at radius 3 is 2.93 bits per heavy atom. The van der Waals surface area contributed by atoms with E-state index < -0.39 is 0 Å². The van der Waals surface area contributed by atoms with Crippen LogP contribution >= 0.6 is 0 Å². The van der Waals surface area contributed by atoms with Crippen LogP contribution in [-0.2, 0) is 9.53 Å². The Morgan fingerprint density at radius 2 is 2.43 bits per heavy atom. The Bertz CT molecular complexity index is 191. The van der Waals surface area contributed by atoms with Gasteiger partial charge in [0.15, 0.2) is 0 Å². The molecule has 0 aromatic heterocycles. The molecule has 1 aliphatic heterocycles. The second kappa shape index (κ2) is 5.32. The lowest BCUT2D eigenvalue weighted by Crippen LogP contribution is -2.40. The van der Waals surface area contributed by atoms with Crippen LogP contribution < -0.4 is 5.73 Å². The van der Waals surface area contributed by atoms with Gasteiger partial charge in [-0.3, -0.25) is 4.79 Å². The number of likely N-dealkylation sites (N-methyl/N-ethyl adjacent to an activating group) is 1. The molecule has 0 radical (unpaired) electrons. The highest BCUT2D eigenvalue weighted by Gasteiger charge is 2.24. The molecule has 0 bridgehead atoms. The van der Waals surface area contributed by atoms with Crippen molar-refractivity contribution in [3.8, 4) is 0 Å². The van der Waals surface area contributed by atoms with Gasteiger partial charge >= 0.3 is 0 Å². The number of carbonyl (C=O) groups excluding carboxylic acids is 1. The fourth-order valence-corrected chi connectivity index (χ4v) is 1.54. The van der Waals surface area contributed by atoms with Crippen LogP contribution in [0.15, 0.2) is 0 Å². The van der Waals surface area contributed by atoms with Crippen molar-refractivity contribution in [1.82, 2.24) is 4.90 Å². The third-order valence-electron chi connectivity index (χ3n) is 2.81. The zero-order valence-electron chi connectivity index (χ0n) is 9.03. The van der Waals surface area contributed by atoms with Gasteiger partial charge in [-0.25, -0.2) is 0 Å². The van der Waals surface area contributed by atoms with Crippen molar-refractivity contribution in [2.24, 2.45) is 5.73 Å². The van der Waals surface area contributed by atoms with E-state index in [4.69, 9.17) is 10.5 Å². The van der Waals surface area contributed by atoms with Crippen LogP contribution in [-0.4, -0.2) is 43.2 Å². The molecule has 1 rings (SSSR count). The molecule has 1 heterocycles. The van der Waals surface area contributed by atoms with Crippen LogP contribution in [0.5, 0.6) is 0 Å². The minimum absolute atomic E-state index is 0.00716. The van der Waals surface area contributed by atoms with Gasteiger partial charge < -0.3 is 15.4 Å². The summed E-state index contributed by atoms with van der Waals surface area (Å²) in [5.74, 6) is 0.134. The number of hydrogen-bond donors (Lipinski definition) is 1. The van der Waals surface area contributed by atoms with Crippen LogP contribution in [0.3, 0.4) is 0 Å². The third-order valence-corrected chi connectivity index (χ3v) is 2.81. The lowest BCUT2D eigenvalue weighted by atomic mass is 10.1. The molecule has 1 fully saturated rings. The van der Waals surface area contributed by atoms with Gasteiger partial charge in [0.2, 0.25) is 5.91 Å². The summed E-state index contributed by atoms with van der Waals surface area (Å²) in [6.45, 7) is 3.43. The van der Waals surface area contributed by atoms with Gasteiger partial charge in [-0.1, -0.05) is 6.92 Å². The van der Waals surface area contributed by atoms with E-state index in [9.17, 15) is 4.79 Å². The van der Waals surface area contributed by atoms with Crippen LogP contribution in [0.2, 0.25) is 0 Å². The average Bonchev–Trinajstić information content (AvgIpc) is 2.69. The van der Waals surface area contributed by atoms with Crippen molar-refractivity contribution in [2.45, 2.75) is 38.3 Å². The SMILES string of the molecule is CCC(N)CC(=O)N(C)C1CCOC1. The monoisotopic (exact) mass is 200 g/mol. The summed E-state index contributed by atoms with van der Waals surface area (Å²) in [5.41, 5.74) is 5.73. The number of nitrogens with two attached hydrogens (primary N) is 1. The molecule has 0 spiro atoms. The second-order valence-corrected chi connectivity index (χ2v) is 3.89. The second-order valence-electron chi connectivity index (χ2n) is 3.89. The number of rotatable bonds is 4. The fraction of sp³-hybridized carbons (Fsp3) is 0.900. The Hall–Kier alpha value is -0.610. The number of amides is 1. The molecule has 14 heavy (non-hydrogen) atoms. The maximum Gasteiger partial charge on any atom is 0.224 e. The first-order valence-electron chi connectivity index (χ1n) is 5.24. The molecule has 4 nitrogen and oxygen atoms in total. The van der Waals surface area contributed by atoms with Gasteiger partial charge in [0, 0.05) is 26.1 Å². The summed E-state index contributed by atoms with van der Waals surface area (Å²) < 4.78 is 5.23. The Kier molecular flexibility index (Phi) is 4.35. The van der Waals surface area contributed by atoms with E-state index in [1.54, 1.807) is 4.90 Å². The Labute approximate surface area is 85.4 Å². The summed E-state index contributed by atoms with van der Waals surface area (Å²) in [6.07, 6.45) is 2.24. The normalized spacial score (nSPS) is 23.5. The quantitative estimate of drug-likeness (QED) is 0.713. The van der Waals surface area contributed by atoms with Crippen LogP contribution in [0.25, 0.3) is 0 Å². The van der Waals surface area contributed by atoms with E-state index in [0.29, 0.717) is 13.0 Å². The van der Waals surface area contributed by atoms with Gasteiger partial charge in [-0.05, 0) is 12.8 Å². The predicted octanol–water partition coefficient (Wildman–Crippen LogP) is 0.361. The van der Waals surface area contributed by atoms with Gasteiger partial charge in [0.1, 0.15) is 0 Å². The first-order valence-corrected chi connectivity index (χ1v) is 5.24. The third kappa shape index (κ3) is 2.96. The van der Waals surface area contributed by atoms with E-state index in [0.717, 1.165) is 19.4 Å². The van der Waals surface area contributed by atoms with Gasteiger partial charge in [-0.2, -0.15) is 0 Å². The summed E-state index contributed by atoms with van der Waals surface area (Å²) >= 11 is 0. The van der Waals surface area contributed by atoms with E-state index in [1.165, 1.54) is 0 Å². The highest BCUT2D eigenvalue weighted by molar-refractivity contribution is 5.76. The standard InChI is InChI=1S/C10H20N2O2/c1-3-8(11)6-10(13)12(2)9-4-5-14-7-9/h8-9H,3-7,11H2,1-2H3. The van der Waals surface area contributed by atoms with Crippen LogP contribution in [0.1, 0.15) is 26.2 Å². The minimum Gasteiger partial charge on any atom is -0.379 e. The number of ether oxygens (including phenoxy) is 1. The highest BCUT2D eigenvalue weighted by Crippen LogP contribution is 2.12. The number of hydrogen-bond acceptors (Lipinski definition) is 3. The lowest BCUT2D eigenvalue weighted by molar-refractivity contribution is -0.132. The largest absolute Gasteiger partial charge is 0.379 e. The van der Waals surface area contributed by atoms with Crippen molar-refractivity contribution in [2.75, 3.05) is 20.3 Å². The molecule has 2 unspecified atom stereocenters. The summed E-state index contributed by atoms with van der Waals surface area (Å²) in [5, 5.41) is 0. The summed E-state index contributed by atoms with van der Waals surface area (Å²) in [6, 6.07) is 0.249. The maximum atomic E-state index is 11.7. The molecule has 2 atom stereocenters. The molecule has 1 amide bonds. The average molecular weight is 200 g/mol. The molecule has 1 aliphatic rings. The number of nitrogens with zero attached hydrogens (tertiary/aromatic N) is 1. The molecule has 0 aromatic rings. The molecular weight excluding hydrogens is 180 g/mol. The van der Waals surface area contributed by atoms with Gasteiger partial charge in [0.25, 0.3) is 0 Å². The minimum atomic E-state index is -0.00716. The van der Waals surface area contributed by atoms with Crippen molar-refractivity contribution in [3.05, 3.63) is 0 Å². The molecular formula is C10H20N2O2.